The van der Waals surface area contributed by atoms with Gasteiger partial charge in [-0.15, -0.1) is 0 Å². The first-order valence-corrected chi connectivity index (χ1v) is 6.10. The van der Waals surface area contributed by atoms with Crippen LogP contribution in [0.5, 0.6) is 0 Å². The van der Waals surface area contributed by atoms with Crippen LogP contribution in [0.4, 0.5) is 0 Å². The van der Waals surface area contributed by atoms with Gasteiger partial charge in [0.1, 0.15) is 6.10 Å². The van der Waals surface area contributed by atoms with Crippen LogP contribution in [0.3, 0.4) is 0 Å². The second kappa shape index (κ2) is 7.50. The van der Waals surface area contributed by atoms with Crippen LogP contribution in [0.2, 0.25) is 0 Å². The number of carbonyl (C=O) groups excluding carboxylic acids is 1. The number of esters is 1. The first-order chi connectivity index (χ1) is 8.61. The quantitative estimate of drug-likeness (QED) is 0.251. The smallest absolute Gasteiger partial charge is 0.378 e. The van der Waals surface area contributed by atoms with E-state index < -0.39 is 45.3 Å². The second-order valence-corrected chi connectivity index (χ2v) is 4.13. The Hall–Kier alpha value is -0.920. The fourth-order valence-corrected chi connectivity index (χ4v) is 1.74. The van der Waals surface area contributed by atoms with Crippen molar-refractivity contribution in [3.05, 3.63) is 11.5 Å². The van der Waals surface area contributed by atoms with Gasteiger partial charge in [0.2, 0.25) is 9.03 Å². The summed E-state index contributed by atoms with van der Waals surface area (Å²) in [5, 5.41) is 27.6. The summed E-state index contributed by atoms with van der Waals surface area (Å²) < 4.78 is 14.6. The number of carbonyl (C=O) groups is 1. The van der Waals surface area contributed by atoms with Gasteiger partial charge in [-0.3, -0.25) is 0 Å². The maximum atomic E-state index is 11.3. The highest BCUT2D eigenvalue weighted by Crippen LogP contribution is 2.29. The summed E-state index contributed by atoms with van der Waals surface area (Å²) in [6.45, 7) is 0.205. The summed E-state index contributed by atoms with van der Waals surface area (Å²) in [6.07, 6.45) is -2.04. The Morgan fingerprint density at radius 1 is 1.56 bits per heavy atom. The molecule has 3 unspecified atom stereocenters. The fraction of sp³-hybridized carbons (Fsp3) is 0.667. The van der Waals surface area contributed by atoms with Crippen molar-refractivity contribution in [3.8, 4) is 0 Å². The van der Waals surface area contributed by atoms with Crippen LogP contribution >= 0.6 is 9.03 Å². The lowest BCUT2D eigenvalue weighted by atomic mass is 10.2. The zero-order valence-electron chi connectivity index (χ0n) is 9.54. The highest BCUT2D eigenvalue weighted by molar-refractivity contribution is 7.26. The summed E-state index contributed by atoms with van der Waals surface area (Å²) in [5.41, 5.74) is 5.25. The van der Waals surface area contributed by atoms with E-state index >= 15 is 0 Å². The molecular formula is C9H16NO7P. The molecule has 9 heteroatoms. The minimum atomic E-state index is -1.39. The van der Waals surface area contributed by atoms with Crippen molar-refractivity contribution in [3.63, 3.8) is 0 Å². The Morgan fingerprint density at radius 3 is 2.89 bits per heavy atom. The molecule has 0 spiro atoms. The molecule has 0 bridgehead atoms. The first-order valence-electron chi connectivity index (χ1n) is 5.28. The number of nitrogens with two attached hydrogens (primary N) is 1. The van der Waals surface area contributed by atoms with Crippen LogP contribution in [0.1, 0.15) is 6.42 Å². The molecule has 0 aromatic heterocycles. The van der Waals surface area contributed by atoms with Crippen molar-refractivity contribution >= 4 is 15.0 Å². The minimum absolute atomic E-state index is 0.376. The molecule has 104 valence electrons. The largest absolute Gasteiger partial charge is 0.505 e. The van der Waals surface area contributed by atoms with E-state index in [1.54, 1.807) is 0 Å². The Bertz CT molecular complexity index is 322. The predicted octanol–water partition coefficient (Wildman–Crippen LogP) is -1.07. The van der Waals surface area contributed by atoms with E-state index in [1.807, 2.05) is 0 Å². The summed E-state index contributed by atoms with van der Waals surface area (Å²) in [6, 6.07) is 0. The van der Waals surface area contributed by atoms with Gasteiger partial charge in [-0.2, -0.15) is 0 Å². The van der Waals surface area contributed by atoms with Gasteiger partial charge in [0, 0.05) is 0 Å². The highest BCUT2D eigenvalue weighted by Gasteiger charge is 2.40. The van der Waals surface area contributed by atoms with Gasteiger partial charge in [-0.1, -0.05) is 0 Å². The zero-order valence-corrected chi connectivity index (χ0v) is 10.5. The molecule has 8 nitrogen and oxygen atoms in total. The molecule has 1 aliphatic rings. The van der Waals surface area contributed by atoms with Crippen molar-refractivity contribution in [1.29, 1.82) is 0 Å². The van der Waals surface area contributed by atoms with E-state index in [-0.39, 0.29) is 0 Å². The summed E-state index contributed by atoms with van der Waals surface area (Å²) in [5.74, 6) is -1.85. The van der Waals surface area contributed by atoms with Crippen LogP contribution in [0.15, 0.2) is 11.5 Å². The molecule has 0 fully saturated rings. The van der Waals surface area contributed by atoms with Crippen molar-refractivity contribution in [1.82, 2.24) is 0 Å². The first kappa shape index (κ1) is 15.1. The zero-order chi connectivity index (χ0) is 13.5. The lowest BCUT2D eigenvalue weighted by molar-refractivity contribution is -0.147. The van der Waals surface area contributed by atoms with Crippen molar-refractivity contribution in [2.45, 2.75) is 18.6 Å². The van der Waals surface area contributed by atoms with Crippen molar-refractivity contribution in [2.75, 3.05) is 19.8 Å². The molecule has 3 atom stereocenters. The maximum absolute atomic E-state index is 11.3. The number of ether oxygens (including phenoxy) is 1. The van der Waals surface area contributed by atoms with Crippen LogP contribution in [0.25, 0.3) is 0 Å². The Labute approximate surface area is 105 Å². The third kappa shape index (κ3) is 3.79. The summed E-state index contributed by atoms with van der Waals surface area (Å²) >= 11 is 0. The van der Waals surface area contributed by atoms with Crippen LogP contribution in [0, 0.1) is 0 Å². The van der Waals surface area contributed by atoms with E-state index in [1.165, 1.54) is 0 Å². The fourth-order valence-electron chi connectivity index (χ4n) is 1.18. The number of hydrogen-bond acceptors (Lipinski definition) is 8. The molecule has 0 radical (unpaired) electrons. The number of hydrogen-bond donors (Lipinski definition) is 4. The third-order valence-corrected chi connectivity index (χ3v) is 2.72. The minimum Gasteiger partial charge on any atom is -0.505 e. The molecule has 1 rings (SSSR count). The van der Waals surface area contributed by atoms with Gasteiger partial charge in [0.15, 0.2) is 11.9 Å². The van der Waals surface area contributed by atoms with Crippen LogP contribution < -0.4 is 5.73 Å². The molecule has 5 N–H and O–H groups in total. The molecular weight excluding hydrogens is 265 g/mol. The molecule has 0 saturated heterocycles. The lowest BCUT2D eigenvalue weighted by Crippen LogP contribution is -2.31. The van der Waals surface area contributed by atoms with Gasteiger partial charge in [-0.05, 0) is 13.0 Å². The van der Waals surface area contributed by atoms with Gasteiger partial charge >= 0.3 is 5.97 Å². The molecule has 18 heavy (non-hydrogen) atoms. The molecule has 0 saturated carbocycles. The average Bonchev–Trinajstić information content (AvgIpc) is 2.65. The number of aliphatic hydroxyl groups excluding tert-OH is 3. The van der Waals surface area contributed by atoms with Crippen LogP contribution in [-0.2, 0) is 18.6 Å². The summed E-state index contributed by atoms with van der Waals surface area (Å²) in [7, 11) is -0.487. The van der Waals surface area contributed by atoms with Gasteiger partial charge in [0.05, 0.1) is 13.2 Å². The van der Waals surface area contributed by atoms with Crippen LogP contribution in [-0.4, -0.2) is 53.3 Å². The van der Waals surface area contributed by atoms with Crippen molar-refractivity contribution < 1.29 is 33.9 Å². The molecule has 0 amide bonds. The summed E-state index contributed by atoms with van der Waals surface area (Å²) in [4.78, 5) is 11.3. The van der Waals surface area contributed by atoms with Crippen molar-refractivity contribution in [2.24, 2.45) is 5.73 Å². The highest BCUT2D eigenvalue weighted by atomic mass is 31.1. The van der Waals surface area contributed by atoms with E-state index in [0.717, 1.165) is 0 Å². The maximum Gasteiger partial charge on any atom is 0.378 e. The molecule has 1 aliphatic heterocycles. The standard InChI is InChI=1S/C9H16NO7P/c10-2-1-3-15-18-17-8-6(13)7(5(12)4-11)16-9(8)14/h5,7,11-13,18H,1-4,10H2. The lowest BCUT2D eigenvalue weighted by Gasteiger charge is -2.13. The Morgan fingerprint density at radius 2 is 2.28 bits per heavy atom. The Kier molecular flexibility index (Phi) is 6.31. The average molecular weight is 281 g/mol. The monoisotopic (exact) mass is 281 g/mol. The molecule has 0 aliphatic carbocycles. The SMILES string of the molecule is NCCCOPOC1=C(O)C(C(O)CO)OC1=O. The second-order valence-electron chi connectivity index (χ2n) is 3.47. The number of cyclic esters (lactones) is 1. The topological polar surface area (TPSA) is 131 Å². The van der Waals surface area contributed by atoms with Gasteiger partial charge < -0.3 is 34.8 Å². The molecule has 0 aromatic rings. The van der Waals surface area contributed by atoms with E-state index in [0.29, 0.717) is 19.6 Å². The molecule has 0 aromatic carbocycles. The predicted molar refractivity (Wildman–Crippen MR) is 61.7 cm³/mol. The number of aliphatic hydroxyl groups is 3. The van der Waals surface area contributed by atoms with Gasteiger partial charge in [-0.25, -0.2) is 4.79 Å². The van der Waals surface area contributed by atoms with E-state index in [9.17, 15) is 15.0 Å². The Balaban J connectivity index is 2.47. The van der Waals surface area contributed by atoms with E-state index in [2.05, 4.69) is 4.74 Å². The van der Waals surface area contributed by atoms with Gasteiger partial charge in [0.25, 0.3) is 5.76 Å². The molecule has 1 heterocycles. The van der Waals surface area contributed by atoms with E-state index in [4.69, 9.17) is 19.9 Å². The third-order valence-electron chi connectivity index (χ3n) is 2.11. The normalized spacial score (nSPS) is 21.7. The number of rotatable bonds is 8.